The van der Waals surface area contributed by atoms with Crippen LogP contribution in [0.5, 0.6) is 0 Å². The van der Waals surface area contributed by atoms with Crippen LogP contribution >= 0.6 is 11.8 Å². The zero-order valence-electron chi connectivity index (χ0n) is 5.67. The summed E-state index contributed by atoms with van der Waals surface area (Å²) in [6.07, 6.45) is 2.20. The van der Waals surface area contributed by atoms with Crippen molar-refractivity contribution in [2.75, 3.05) is 5.75 Å². The largest absolute Gasteiger partial charge is 0.297 e. The third kappa shape index (κ3) is 1.74. The van der Waals surface area contributed by atoms with E-state index in [1.807, 2.05) is 6.07 Å². The molecule has 1 atom stereocenters. The van der Waals surface area contributed by atoms with Crippen LogP contribution in [0.15, 0.2) is 0 Å². The van der Waals surface area contributed by atoms with E-state index in [1.165, 1.54) is 0 Å². The average molecular weight is 155 g/mol. The van der Waals surface area contributed by atoms with Crippen LogP contribution in [0.25, 0.3) is 0 Å². The van der Waals surface area contributed by atoms with Gasteiger partial charge in [0.25, 0.3) is 0 Å². The summed E-state index contributed by atoms with van der Waals surface area (Å²) in [5.41, 5.74) is 0. The van der Waals surface area contributed by atoms with Crippen LogP contribution in [0.1, 0.15) is 19.3 Å². The fraction of sp³-hybridized carbons (Fsp3) is 0.714. The Hall–Kier alpha value is -0.490. The first-order chi connectivity index (χ1) is 4.84. The molecule has 1 heterocycles. The second-order valence-corrected chi connectivity index (χ2v) is 3.61. The lowest BCUT2D eigenvalue weighted by molar-refractivity contribution is -0.117. The lowest BCUT2D eigenvalue weighted by Crippen LogP contribution is -2.12. The molecule has 0 aliphatic carbocycles. The van der Waals surface area contributed by atoms with Gasteiger partial charge in [-0.1, -0.05) is 0 Å². The first-order valence-corrected chi connectivity index (χ1v) is 4.40. The Labute approximate surface area is 64.6 Å². The van der Waals surface area contributed by atoms with E-state index in [1.54, 1.807) is 11.8 Å². The van der Waals surface area contributed by atoms with Crippen molar-refractivity contribution in [1.82, 2.24) is 0 Å². The van der Waals surface area contributed by atoms with Gasteiger partial charge in [-0.2, -0.15) is 17.0 Å². The van der Waals surface area contributed by atoms with Gasteiger partial charge >= 0.3 is 0 Å². The highest BCUT2D eigenvalue weighted by molar-refractivity contribution is 8.00. The number of nitrogens with zero attached hydrogens (tertiary/aromatic N) is 1. The monoisotopic (exact) mass is 155 g/mol. The smallest absolute Gasteiger partial charge is 0.159 e. The van der Waals surface area contributed by atoms with Gasteiger partial charge in [0.15, 0.2) is 5.78 Å². The molecule has 3 heteroatoms. The van der Waals surface area contributed by atoms with Crippen LogP contribution in [0, 0.1) is 11.3 Å². The van der Waals surface area contributed by atoms with Crippen LogP contribution in [0.3, 0.4) is 0 Å². The summed E-state index contributed by atoms with van der Waals surface area (Å²) >= 11 is 1.69. The number of thioether (sulfide) groups is 1. The van der Waals surface area contributed by atoms with E-state index in [2.05, 4.69) is 0 Å². The van der Waals surface area contributed by atoms with Gasteiger partial charge in [0.2, 0.25) is 0 Å². The molecule has 1 unspecified atom stereocenters. The minimum atomic E-state index is 0.0949. The molecule has 0 aromatic carbocycles. The van der Waals surface area contributed by atoms with Gasteiger partial charge in [0, 0.05) is 0 Å². The highest BCUT2D eigenvalue weighted by Gasteiger charge is 2.22. The van der Waals surface area contributed by atoms with Crippen LogP contribution in [-0.4, -0.2) is 16.8 Å². The molecule has 0 amide bonds. The standard InChI is InChI=1S/C7H9NOS/c8-4-3-6(9)7-2-1-5-10-7/h7H,1-3,5H2. The number of Topliss-reactive ketones (excluding diaryl/α,β-unsaturated/α-hetero) is 1. The summed E-state index contributed by atoms with van der Waals surface area (Å²) in [5, 5.41) is 8.36. The molecule has 2 nitrogen and oxygen atoms in total. The van der Waals surface area contributed by atoms with Gasteiger partial charge < -0.3 is 0 Å². The Bertz CT molecular complexity index is 167. The molecule has 10 heavy (non-hydrogen) atoms. The maximum absolute atomic E-state index is 11.0. The predicted octanol–water partition coefficient (Wildman–Crippen LogP) is 1.36. The van der Waals surface area contributed by atoms with Crippen LogP contribution in [0.4, 0.5) is 0 Å². The normalized spacial score (nSPS) is 24.1. The number of carbonyl (C=O) groups is 1. The zero-order chi connectivity index (χ0) is 7.40. The van der Waals surface area contributed by atoms with Gasteiger partial charge in [-0.05, 0) is 18.6 Å². The van der Waals surface area contributed by atoms with Crippen molar-refractivity contribution in [3.05, 3.63) is 0 Å². The fourth-order valence-corrected chi connectivity index (χ4v) is 2.24. The van der Waals surface area contributed by atoms with E-state index in [9.17, 15) is 4.79 Å². The number of hydrogen-bond donors (Lipinski definition) is 0. The summed E-state index contributed by atoms with van der Waals surface area (Å²) in [6, 6.07) is 1.88. The highest BCUT2D eigenvalue weighted by atomic mass is 32.2. The van der Waals surface area contributed by atoms with E-state index in [-0.39, 0.29) is 17.5 Å². The van der Waals surface area contributed by atoms with Crippen molar-refractivity contribution in [2.24, 2.45) is 0 Å². The second-order valence-electron chi connectivity index (χ2n) is 2.30. The third-order valence-electron chi connectivity index (χ3n) is 1.54. The molecule has 0 bridgehead atoms. The van der Waals surface area contributed by atoms with Crippen molar-refractivity contribution in [3.8, 4) is 6.07 Å². The van der Waals surface area contributed by atoms with Gasteiger partial charge in [0.1, 0.15) is 0 Å². The molecule has 1 rings (SSSR count). The van der Waals surface area contributed by atoms with Gasteiger partial charge in [-0.3, -0.25) is 4.79 Å². The number of nitriles is 1. The molecule has 0 aromatic rings. The highest BCUT2D eigenvalue weighted by Crippen LogP contribution is 2.27. The molecule has 1 fully saturated rings. The lowest BCUT2D eigenvalue weighted by Gasteiger charge is -2.01. The summed E-state index contributed by atoms with van der Waals surface area (Å²) < 4.78 is 0. The van der Waals surface area contributed by atoms with Crippen molar-refractivity contribution < 1.29 is 4.79 Å². The average Bonchev–Trinajstić information content (AvgIpc) is 2.38. The summed E-state index contributed by atoms with van der Waals surface area (Å²) in [7, 11) is 0. The Morgan fingerprint density at radius 1 is 1.80 bits per heavy atom. The minimum absolute atomic E-state index is 0.0949. The van der Waals surface area contributed by atoms with Gasteiger partial charge in [-0.15, -0.1) is 0 Å². The topological polar surface area (TPSA) is 40.9 Å². The zero-order valence-corrected chi connectivity index (χ0v) is 6.49. The summed E-state index contributed by atoms with van der Waals surface area (Å²) in [6.45, 7) is 0. The van der Waals surface area contributed by atoms with Gasteiger partial charge in [0.05, 0.1) is 17.7 Å². The number of carbonyl (C=O) groups excluding carboxylic acids is 1. The molecule has 0 radical (unpaired) electrons. The number of hydrogen-bond acceptors (Lipinski definition) is 3. The molecule has 1 saturated heterocycles. The Morgan fingerprint density at radius 3 is 3.10 bits per heavy atom. The quantitative estimate of drug-likeness (QED) is 0.604. The number of rotatable bonds is 2. The van der Waals surface area contributed by atoms with E-state index in [4.69, 9.17) is 5.26 Å². The minimum Gasteiger partial charge on any atom is -0.297 e. The third-order valence-corrected chi connectivity index (χ3v) is 2.97. The molecule has 0 saturated carbocycles. The first-order valence-electron chi connectivity index (χ1n) is 3.36. The molecule has 1 aliphatic rings. The van der Waals surface area contributed by atoms with Crippen molar-refractivity contribution >= 4 is 17.5 Å². The molecule has 1 aliphatic heterocycles. The Balaban J connectivity index is 2.34. The first kappa shape index (κ1) is 7.62. The lowest BCUT2D eigenvalue weighted by atomic mass is 10.1. The SMILES string of the molecule is N#CCC(=O)C1CCCS1. The maximum atomic E-state index is 11.0. The maximum Gasteiger partial charge on any atom is 0.159 e. The second kappa shape index (κ2) is 3.62. The van der Waals surface area contributed by atoms with E-state index >= 15 is 0 Å². The van der Waals surface area contributed by atoms with Crippen molar-refractivity contribution in [3.63, 3.8) is 0 Å². The molecule has 0 aromatic heterocycles. The van der Waals surface area contributed by atoms with Crippen molar-refractivity contribution in [2.45, 2.75) is 24.5 Å². The van der Waals surface area contributed by atoms with Crippen LogP contribution in [-0.2, 0) is 4.79 Å². The Morgan fingerprint density at radius 2 is 2.60 bits per heavy atom. The summed E-state index contributed by atoms with van der Waals surface area (Å²) in [5.74, 6) is 1.20. The van der Waals surface area contributed by atoms with Crippen LogP contribution < -0.4 is 0 Å². The van der Waals surface area contributed by atoms with Crippen molar-refractivity contribution in [1.29, 1.82) is 5.26 Å². The van der Waals surface area contributed by atoms with E-state index < -0.39 is 0 Å². The summed E-state index contributed by atoms with van der Waals surface area (Å²) in [4.78, 5) is 11.0. The van der Waals surface area contributed by atoms with E-state index in [0.29, 0.717) is 0 Å². The molecule has 54 valence electrons. The predicted molar refractivity (Wildman–Crippen MR) is 40.7 cm³/mol. The Kier molecular flexibility index (Phi) is 2.76. The number of ketones is 1. The van der Waals surface area contributed by atoms with Gasteiger partial charge in [-0.25, -0.2) is 0 Å². The fourth-order valence-electron chi connectivity index (χ4n) is 1.02. The molecule has 0 N–H and O–H groups in total. The van der Waals surface area contributed by atoms with Crippen LogP contribution in [0.2, 0.25) is 0 Å². The molecular formula is C7H9NOS. The molecule has 0 spiro atoms. The molecular weight excluding hydrogens is 146 g/mol. The van der Waals surface area contributed by atoms with E-state index in [0.717, 1.165) is 18.6 Å².